The summed E-state index contributed by atoms with van der Waals surface area (Å²) < 4.78 is 13.8. The molecule has 1 aromatic carbocycles. The van der Waals surface area contributed by atoms with Crippen molar-refractivity contribution in [2.24, 2.45) is 0 Å². The molecular formula is C15H18FN3. The van der Waals surface area contributed by atoms with Crippen molar-refractivity contribution in [1.82, 2.24) is 4.98 Å². The first kappa shape index (κ1) is 13.3. The minimum Gasteiger partial charge on any atom is -0.375 e. The van der Waals surface area contributed by atoms with Crippen LogP contribution in [0.1, 0.15) is 11.3 Å². The van der Waals surface area contributed by atoms with Crippen LogP contribution in [0.2, 0.25) is 0 Å². The molecule has 0 unspecified atom stereocenters. The zero-order valence-electron chi connectivity index (χ0n) is 11.4. The van der Waals surface area contributed by atoms with Gasteiger partial charge in [0.25, 0.3) is 0 Å². The van der Waals surface area contributed by atoms with Gasteiger partial charge < -0.3 is 10.2 Å². The van der Waals surface area contributed by atoms with E-state index in [1.807, 2.05) is 45.3 Å². The van der Waals surface area contributed by atoms with E-state index in [0.717, 1.165) is 17.1 Å². The SMILES string of the molecule is Cc1cccc(NCc2ccc(N(C)C)c(F)c2)n1. The van der Waals surface area contributed by atoms with Crippen LogP contribution in [0.15, 0.2) is 36.4 Å². The van der Waals surface area contributed by atoms with Crippen molar-refractivity contribution in [2.45, 2.75) is 13.5 Å². The number of aromatic nitrogens is 1. The van der Waals surface area contributed by atoms with Crippen molar-refractivity contribution in [3.63, 3.8) is 0 Å². The fourth-order valence-corrected chi connectivity index (χ4v) is 1.86. The van der Waals surface area contributed by atoms with Crippen molar-refractivity contribution >= 4 is 11.5 Å². The van der Waals surface area contributed by atoms with Gasteiger partial charge in [0, 0.05) is 26.3 Å². The molecule has 2 aromatic rings. The maximum absolute atomic E-state index is 13.8. The fourth-order valence-electron chi connectivity index (χ4n) is 1.86. The third-order valence-corrected chi connectivity index (χ3v) is 2.86. The maximum Gasteiger partial charge on any atom is 0.146 e. The Kier molecular flexibility index (Phi) is 4.00. The van der Waals surface area contributed by atoms with Crippen LogP contribution in [-0.4, -0.2) is 19.1 Å². The third-order valence-electron chi connectivity index (χ3n) is 2.86. The molecule has 0 atom stereocenters. The van der Waals surface area contributed by atoms with Crippen LogP contribution in [0.4, 0.5) is 15.9 Å². The lowest BCUT2D eigenvalue weighted by atomic mass is 10.2. The quantitative estimate of drug-likeness (QED) is 0.914. The second-order valence-corrected chi connectivity index (χ2v) is 4.70. The van der Waals surface area contributed by atoms with Crippen LogP contribution in [0.25, 0.3) is 0 Å². The Morgan fingerprint density at radius 3 is 2.63 bits per heavy atom. The monoisotopic (exact) mass is 259 g/mol. The van der Waals surface area contributed by atoms with Crippen LogP contribution in [0, 0.1) is 12.7 Å². The zero-order valence-corrected chi connectivity index (χ0v) is 11.4. The molecule has 0 radical (unpaired) electrons. The summed E-state index contributed by atoms with van der Waals surface area (Å²) in [6.45, 7) is 2.50. The summed E-state index contributed by atoms with van der Waals surface area (Å²) in [6.07, 6.45) is 0. The summed E-state index contributed by atoms with van der Waals surface area (Å²) in [4.78, 5) is 6.10. The van der Waals surface area contributed by atoms with Gasteiger partial charge in [-0.25, -0.2) is 9.37 Å². The highest BCUT2D eigenvalue weighted by molar-refractivity contribution is 5.48. The number of halogens is 1. The first-order valence-electron chi connectivity index (χ1n) is 6.19. The molecule has 1 heterocycles. The molecule has 0 aliphatic rings. The first-order valence-corrected chi connectivity index (χ1v) is 6.19. The van der Waals surface area contributed by atoms with E-state index in [-0.39, 0.29) is 5.82 Å². The molecule has 0 saturated carbocycles. The van der Waals surface area contributed by atoms with Gasteiger partial charge in [-0.2, -0.15) is 0 Å². The van der Waals surface area contributed by atoms with Crippen LogP contribution in [-0.2, 0) is 6.54 Å². The molecule has 4 heteroatoms. The summed E-state index contributed by atoms with van der Waals surface area (Å²) in [5.41, 5.74) is 2.45. The number of hydrogen-bond acceptors (Lipinski definition) is 3. The highest BCUT2D eigenvalue weighted by Gasteiger charge is 2.05. The van der Waals surface area contributed by atoms with Gasteiger partial charge in [-0.05, 0) is 36.8 Å². The molecular weight excluding hydrogens is 241 g/mol. The Bertz CT molecular complexity index is 567. The summed E-state index contributed by atoms with van der Waals surface area (Å²) in [6, 6.07) is 11.0. The zero-order chi connectivity index (χ0) is 13.8. The average Bonchev–Trinajstić information content (AvgIpc) is 2.36. The Morgan fingerprint density at radius 2 is 2.00 bits per heavy atom. The molecule has 0 saturated heterocycles. The molecule has 1 aromatic heterocycles. The second kappa shape index (κ2) is 5.69. The number of hydrogen-bond donors (Lipinski definition) is 1. The third kappa shape index (κ3) is 3.44. The van der Waals surface area contributed by atoms with Crippen LogP contribution in [0.5, 0.6) is 0 Å². The summed E-state index contributed by atoms with van der Waals surface area (Å²) in [5, 5.41) is 3.19. The number of nitrogens with zero attached hydrogens (tertiary/aromatic N) is 2. The van der Waals surface area contributed by atoms with E-state index >= 15 is 0 Å². The summed E-state index contributed by atoms with van der Waals surface area (Å²) in [5.74, 6) is 0.596. The number of aryl methyl sites for hydroxylation is 1. The molecule has 0 spiro atoms. The van der Waals surface area contributed by atoms with E-state index < -0.39 is 0 Å². The molecule has 19 heavy (non-hydrogen) atoms. The Morgan fingerprint density at radius 1 is 1.21 bits per heavy atom. The number of anilines is 2. The predicted molar refractivity (Wildman–Crippen MR) is 77.0 cm³/mol. The standard InChI is InChI=1S/C15H18FN3/c1-11-5-4-6-15(18-11)17-10-12-7-8-14(19(2)3)13(16)9-12/h4-9H,10H2,1-3H3,(H,17,18). The molecule has 0 amide bonds. The predicted octanol–water partition coefficient (Wildman–Crippen LogP) is 3.21. The molecule has 100 valence electrons. The summed E-state index contributed by atoms with van der Waals surface area (Å²) in [7, 11) is 3.65. The molecule has 3 nitrogen and oxygen atoms in total. The first-order chi connectivity index (χ1) is 9.06. The topological polar surface area (TPSA) is 28.2 Å². The average molecular weight is 259 g/mol. The summed E-state index contributed by atoms with van der Waals surface area (Å²) >= 11 is 0. The molecule has 2 rings (SSSR count). The number of rotatable bonds is 4. The lowest BCUT2D eigenvalue weighted by Crippen LogP contribution is -2.11. The smallest absolute Gasteiger partial charge is 0.146 e. The highest BCUT2D eigenvalue weighted by Crippen LogP contribution is 2.18. The minimum absolute atomic E-state index is 0.207. The number of pyridine rings is 1. The second-order valence-electron chi connectivity index (χ2n) is 4.70. The van der Waals surface area contributed by atoms with Crippen molar-refractivity contribution < 1.29 is 4.39 Å². The number of nitrogens with one attached hydrogen (secondary N) is 1. The van der Waals surface area contributed by atoms with Gasteiger partial charge in [0.05, 0.1) is 5.69 Å². The number of benzene rings is 1. The normalized spacial score (nSPS) is 10.3. The van der Waals surface area contributed by atoms with Gasteiger partial charge in [-0.15, -0.1) is 0 Å². The fraction of sp³-hybridized carbons (Fsp3) is 0.267. The largest absolute Gasteiger partial charge is 0.375 e. The lowest BCUT2D eigenvalue weighted by molar-refractivity contribution is 0.624. The van der Waals surface area contributed by atoms with Gasteiger partial charge in [-0.1, -0.05) is 12.1 Å². The Balaban J connectivity index is 2.06. The van der Waals surface area contributed by atoms with Crippen LogP contribution >= 0.6 is 0 Å². The Hall–Kier alpha value is -2.10. The van der Waals surface area contributed by atoms with Crippen molar-refractivity contribution in [3.8, 4) is 0 Å². The molecule has 1 N–H and O–H groups in total. The van der Waals surface area contributed by atoms with E-state index in [2.05, 4.69) is 10.3 Å². The highest BCUT2D eigenvalue weighted by atomic mass is 19.1. The van der Waals surface area contributed by atoms with Crippen molar-refractivity contribution in [2.75, 3.05) is 24.3 Å². The van der Waals surface area contributed by atoms with Gasteiger partial charge in [-0.3, -0.25) is 0 Å². The minimum atomic E-state index is -0.207. The van der Waals surface area contributed by atoms with E-state index in [1.54, 1.807) is 17.0 Å². The van der Waals surface area contributed by atoms with Gasteiger partial charge >= 0.3 is 0 Å². The molecule has 0 bridgehead atoms. The molecule has 0 aliphatic carbocycles. The van der Waals surface area contributed by atoms with Gasteiger partial charge in [0.1, 0.15) is 11.6 Å². The molecule has 0 fully saturated rings. The van der Waals surface area contributed by atoms with Crippen molar-refractivity contribution in [1.29, 1.82) is 0 Å². The van der Waals surface area contributed by atoms with Gasteiger partial charge in [0.15, 0.2) is 0 Å². The van der Waals surface area contributed by atoms with E-state index in [9.17, 15) is 4.39 Å². The van der Waals surface area contributed by atoms with Gasteiger partial charge in [0.2, 0.25) is 0 Å². The van der Waals surface area contributed by atoms with Crippen molar-refractivity contribution in [3.05, 3.63) is 53.5 Å². The van der Waals surface area contributed by atoms with E-state index in [0.29, 0.717) is 12.2 Å². The Labute approximate surface area is 113 Å². The van der Waals surface area contributed by atoms with E-state index in [4.69, 9.17) is 0 Å². The van der Waals surface area contributed by atoms with Crippen LogP contribution < -0.4 is 10.2 Å². The molecule has 0 aliphatic heterocycles. The lowest BCUT2D eigenvalue weighted by Gasteiger charge is -2.14. The maximum atomic E-state index is 13.8. The van der Waals surface area contributed by atoms with E-state index in [1.165, 1.54) is 0 Å². The van der Waals surface area contributed by atoms with Crippen LogP contribution in [0.3, 0.4) is 0 Å².